The monoisotopic (exact) mass is 495 g/mol. The van der Waals surface area contributed by atoms with E-state index in [2.05, 4.69) is 29.4 Å². The highest BCUT2D eigenvalue weighted by Crippen LogP contribution is 2.43. The highest BCUT2D eigenvalue weighted by molar-refractivity contribution is 5.82. The molecule has 10 heteroatoms. The van der Waals surface area contributed by atoms with Crippen molar-refractivity contribution in [3.63, 3.8) is 0 Å². The second-order valence-electron chi connectivity index (χ2n) is 10.3. The summed E-state index contributed by atoms with van der Waals surface area (Å²) in [5.74, 6) is 0.953. The Labute approximate surface area is 210 Å². The van der Waals surface area contributed by atoms with Crippen LogP contribution >= 0.6 is 0 Å². The number of rotatable bonds is 5. The van der Waals surface area contributed by atoms with E-state index in [1.807, 2.05) is 39.0 Å². The van der Waals surface area contributed by atoms with Gasteiger partial charge in [-0.25, -0.2) is 9.48 Å². The molecule has 1 saturated heterocycles. The SMILES string of the molecule is COc1ccc(C(C)C)cc1-c1cc(-c2nnnn2C2CCN(C(=O)OC(C)(C)C)C2)c(O)cc1O. The van der Waals surface area contributed by atoms with E-state index >= 15 is 0 Å². The van der Waals surface area contributed by atoms with Crippen molar-refractivity contribution in [2.24, 2.45) is 0 Å². The maximum Gasteiger partial charge on any atom is 0.410 e. The number of carbonyl (C=O) groups is 1. The lowest BCUT2D eigenvalue weighted by Gasteiger charge is -2.24. The van der Waals surface area contributed by atoms with Crippen molar-refractivity contribution in [3.05, 3.63) is 35.9 Å². The van der Waals surface area contributed by atoms with Crippen LogP contribution in [-0.2, 0) is 4.74 Å². The van der Waals surface area contributed by atoms with Crippen LogP contribution in [0, 0.1) is 0 Å². The van der Waals surface area contributed by atoms with Gasteiger partial charge in [0.15, 0.2) is 5.82 Å². The fraction of sp³-hybridized carbons (Fsp3) is 0.462. The highest BCUT2D eigenvalue weighted by Gasteiger charge is 2.33. The Morgan fingerprint density at radius 3 is 2.47 bits per heavy atom. The first-order valence-electron chi connectivity index (χ1n) is 12.0. The van der Waals surface area contributed by atoms with Crippen molar-refractivity contribution < 1.29 is 24.5 Å². The molecule has 36 heavy (non-hydrogen) atoms. The normalized spacial score (nSPS) is 16.0. The van der Waals surface area contributed by atoms with Gasteiger partial charge in [-0.05, 0) is 67.3 Å². The molecule has 10 nitrogen and oxygen atoms in total. The van der Waals surface area contributed by atoms with Crippen LogP contribution in [0.15, 0.2) is 30.3 Å². The molecule has 0 spiro atoms. The minimum Gasteiger partial charge on any atom is -0.507 e. The third-order valence-electron chi connectivity index (χ3n) is 6.19. The topological polar surface area (TPSA) is 123 Å². The lowest BCUT2D eigenvalue weighted by Crippen LogP contribution is -2.35. The molecule has 1 aliphatic heterocycles. The molecule has 0 saturated carbocycles. The number of aromatic nitrogens is 4. The second kappa shape index (κ2) is 9.67. The van der Waals surface area contributed by atoms with Crippen molar-refractivity contribution in [1.82, 2.24) is 25.1 Å². The molecule has 3 aromatic rings. The fourth-order valence-electron chi connectivity index (χ4n) is 4.32. The zero-order valence-electron chi connectivity index (χ0n) is 21.5. The summed E-state index contributed by atoms with van der Waals surface area (Å²) in [6.45, 7) is 10.5. The average Bonchev–Trinajstić information content (AvgIpc) is 3.47. The molecule has 1 amide bonds. The standard InChI is InChI=1S/C26H33N5O5/c1-15(2)16-7-8-23(35-6)19(11-16)18-12-20(22(33)13-21(18)32)24-27-28-29-31(24)17-9-10-30(14-17)25(34)36-26(3,4)5/h7-8,11-13,15,17,32-33H,9-10,14H2,1-6H3. The molecule has 2 aromatic carbocycles. The molecular weight excluding hydrogens is 462 g/mol. The molecule has 1 fully saturated rings. The molecule has 1 aromatic heterocycles. The van der Waals surface area contributed by atoms with Crippen LogP contribution in [0.1, 0.15) is 58.6 Å². The molecule has 2 heterocycles. The van der Waals surface area contributed by atoms with Crippen LogP contribution in [0.25, 0.3) is 22.5 Å². The summed E-state index contributed by atoms with van der Waals surface area (Å²) < 4.78 is 12.7. The zero-order chi connectivity index (χ0) is 26.2. The van der Waals surface area contributed by atoms with Crippen LogP contribution < -0.4 is 4.74 Å². The number of amides is 1. The van der Waals surface area contributed by atoms with Crippen LogP contribution in [0.2, 0.25) is 0 Å². The Morgan fingerprint density at radius 1 is 1.08 bits per heavy atom. The van der Waals surface area contributed by atoms with E-state index in [0.717, 1.165) is 5.56 Å². The van der Waals surface area contributed by atoms with Gasteiger partial charge in [-0.1, -0.05) is 19.9 Å². The van der Waals surface area contributed by atoms with Gasteiger partial charge in [0.1, 0.15) is 22.8 Å². The van der Waals surface area contributed by atoms with Crippen LogP contribution in [0.3, 0.4) is 0 Å². The van der Waals surface area contributed by atoms with Gasteiger partial charge in [-0.15, -0.1) is 5.10 Å². The first-order valence-corrected chi connectivity index (χ1v) is 12.0. The Balaban J connectivity index is 1.70. The summed E-state index contributed by atoms with van der Waals surface area (Å²) in [5.41, 5.74) is 2.03. The molecular formula is C26H33N5O5. The number of benzene rings is 2. The van der Waals surface area contributed by atoms with Gasteiger partial charge in [0.25, 0.3) is 0 Å². The van der Waals surface area contributed by atoms with Crippen molar-refractivity contribution >= 4 is 6.09 Å². The second-order valence-corrected chi connectivity index (χ2v) is 10.3. The lowest BCUT2D eigenvalue weighted by atomic mass is 9.94. The fourth-order valence-corrected chi connectivity index (χ4v) is 4.32. The van der Waals surface area contributed by atoms with E-state index in [9.17, 15) is 15.0 Å². The van der Waals surface area contributed by atoms with E-state index in [1.54, 1.807) is 22.8 Å². The number of hydrogen-bond acceptors (Lipinski definition) is 8. The van der Waals surface area contributed by atoms with Gasteiger partial charge in [-0.3, -0.25) is 0 Å². The van der Waals surface area contributed by atoms with Crippen molar-refractivity contribution in [3.8, 4) is 39.8 Å². The number of methoxy groups -OCH3 is 1. The first kappa shape index (κ1) is 25.3. The van der Waals surface area contributed by atoms with Gasteiger partial charge in [-0.2, -0.15) is 0 Å². The predicted molar refractivity (Wildman–Crippen MR) is 134 cm³/mol. The number of tetrazole rings is 1. The molecule has 1 atom stereocenters. The molecule has 0 bridgehead atoms. The Kier molecular flexibility index (Phi) is 6.79. The van der Waals surface area contributed by atoms with Crippen molar-refractivity contribution in [2.45, 2.75) is 58.6 Å². The minimum absolute atomic E-state index is 0.0913. The van der Waals surface area contributed by atoms with Gasteiger partial charge >= 0.3 is 6.09 Å². The Hall–Kier alpha value is -3.82. The molecule has 2 N–H and O–H groups in total. The van der Waals surface area contributed by atoms with Crippen LogP contribution in [0.5, 0.6) is 17.2 Å². The van der Waals surface area contributed by atoms with E-state index in [4.69, 9.17) is 9.47 Å². The summed E-state index contributed by atoms with van der Waals surface area (Å²) in [5, 5.41) is 33.7. The molecule has 0 radical (unpaired) electrons. The summed E-state index contributed by atoms with van der Waals surface area (Å²) in [7, 11) is 1.57. The molecule has 0 aliphatic carbocycles. The van der Waals surface area contributed by atoms with Gasteiger partial charge in [0.2, 0.25) is 0 Å². The van der Waals surface area contributed by atoms with E-state index < -0.39 is 5.60 Å². The minimum atomic E-state index is -0.586. The van der Waals surface area contributed by atoms with Gasteiger partial charge in [0.05, 0.1) is 18.7 Å². The third kappa shape index (κ3) is 5.07. The Morgan fingerprint density at radius 2 is 1.81 bits per heavy atom. The maximum atomic E-state index is 12.5. The number of likely N-dealkylation sites (tertiary alicyclic amines) is 1. The largest absolute Gasteiger partial charge is 0.507 e. The number of aromatic hydroxyl groups is 2. The summed E-state index contributed by atoms with van der Waals surface area (Å²) in [4.78, 5) is 14.2. The molecule has 1 aliphatic rings. The van der Waals surface area contributed by atoms with Crippen molar-refractivity contribution in [2.75, 3.05) is 20.2 Å². The number of ether oxygens (including phenoxy) is 2. The Bertz CT molecular complexity index is 1260. The highest BCUT2D eigenvalue weighted by atomic mass is 16.6. The van der Waals surface area contributed by atoms with E-state index in [1.165, 1.54) is 6.07 Å². The molecule has 192 valence electrons. The number of hydrogen-bond donors (Lipinski definition) is 2. The van der Waals surface area contributed by atoms with Crippen LogP contribution in [0.4, 0.5) is 4.79 Å². The summed E-state index contributed by atoms with van der Waals surface area (Å²) >= 11 is 0. The average molecular weight is 496 g/mol. The summed E-state index contributed by atoms with van der Waals surface area (Å²) in [6, 6.07) is 8.57. The predicted octanol–water partition coefficient (Wildman–Crippen LogP) is 4.73. The third-order valence-corrected chi connectivity index (χ3v) is 6.19. The van der Waals surface area contributed by atoms with Gasteiger partial charge < -0.3 is 24.6 Å². The first-order chi connectivity index (χ1) is 17.0. The zero-order valence-corrected chi connectivity index (χ0v) is 21.5. The van der Waals surface area contributed by atoms with Crippen LogP contribution in [-0.4, -0.2) is 67.2 Å². The van der Waals surface area contributed by atoms with Crippen molar-refractivity contribution in [1.29, 1.82) is 0 Å². The number of phenolic OH excluding ortho intramolecular Hbond substituents is 2. The lowest BCUT2D eigenvalue weighted by molar-refractivity contribution is 0.0288. The molecule has 4 rings (SSSR count). The quantitative estimate of drug-likeness (QED) is 0.521. The number of nitrogens with zero attached hydrogens (tertiary/aromatic N) is 5. The summed E-state index contributed by atoms with van der Waals surface area (Å²) in [6.07, 6.45) is 0.249. The number of carbonyl (C=O) groups excluding carboxylic acids is 1. The maximum absolute atomic E-state index is 12.5. The molecule has 1 unspecified atom stereocenters. The number of phenols is 2. The van der Waals surface area contributed by atoms with E-state index in [-0.39, 0.29) is 29.6 Å². The van der Waals surface area contributed by atoms with Gasteiger partial charge in [0, 0.05) is 30.3 Å². The van der Waals surface area contributed by atoms with E-state index in [0.29, 0.717) is 47.8 Å². The smallest absolute Gasteiger partial charge is 0.410 e.